The van der Waals surface area contributed by atoms with Gasteiger partial charge in [0.15, 0.2) is 0 Å². The molecule has 5 rings (SSSR count). The number of para-hydroxylation sites is 1. The number of fused-ring (bicyclic) bond motifs is 1. The molecule has 0 aliphatic rings. The van der Waals surface area contributed by atoms with Gasteiger partial charge in [-0.1, -0.05) is 30.3 Å². The molecule has 0 saturated carbocycles. The molecular weight excluding hydrogens is 418 g/mol. The molecule has 0 unspecified atom stereocenters. The van der Waals surface area contributed by atoms with Crippen molar-refractivity contribution in [3.05, 3.63) is 95.8 Å². The maximum atomic E-state index is 12.7. The van der Waals surface area contributed by atoms with E-state index in [9.17, 15) is 4.79 Å². The fraction of sp³-hybridized carbons (Fsp3) is 0.125. The number of carbonyl (C=O) groups is 1. The highest BCUT2D eigenvalue weighted by atomic mass is 16.5. The summed E-state index contributed by atoms with van der Waals surface area (Å²) in [4.78, 5) is 21.0. The number of hydrogen-bond acceptors (Lipinski definition) is 6. The number of benzene rings is 2. The summed E-state index contributed by atoms with van der Waals surface area (Å²) in [5.41, 5.74) is 3.21. The van der Waals surface area contributed by atoms with Crippen molar-refractivity contribution in [2.75, 3.05) is 5.32 Å². The molecule has 0 bridgehead atoms. The number of nitrogens with one attached hydrogen (secondary N) is 1. The molecule has 0 saturated heterocycles. The highest BCUT2D eigenvalue weighted by molar-refractivity contribution is 6.02. The van der Waals surface area contributed by atoms with E-state index in [0.29, 0.717) is 23.7 Å². The van der Waals surface area contributed by atoms with Gasteiger partial charge in [-0.05, 0) is 49.7 Å². The van der Waals surface area contributed by atoms with Gasteiger partial charge in [-0.15, -0.1) is 5.10 Å². The summed E-state index contributed by atoms with van der Waals surface area (Å²) in [6, 6.07) is 19.2. The molecule has 1 amide bonds. The van der Waals surface area contributed by atoms with Crippen LogP contribution in [0.25, 0.3) is 5.78 Å². The Morgan fingerprint density at radius 3 is 2.64 bits per heavy atom. The number of amides is 1. The van der Waals surface area contributed by atoms with Gasteiger partial charge < -0.3 is 10.1 Å². The fourth-order valence-corrected chi connectivity index (χ4v) is 3.54. The van der Waals surface area contributed by atoms with Crippen molar-refractivity contribution in [2.24, 2.45) is 0 Å². The van der Waals surface area contributed by atoms with Crippen molar-refractivity contribution in [1.82, 2.24) is 29.4 Å². The molecule has 0 aliphatic heterocycles. The smallest absolute Gasteiger partial charge is 0.295 e. The molecule has 164 valence electrons. The molecule has 5 aromatic rings. The SMILES string of the molecule is Cc1nn(Cc2cccc(Oc3ccccc3)c2)c(C)c1NC(=O)c1nc2ncccn2n1. The molecule has 0 atom stereocenters. The Balaban J connectivity index is 1.34. The second-order valence-electron chi connectivity index (χ2n) is 7.52. The van der Waals surface area contributed by atoms with Crippen molar-refractivity contribution < 1.29 is 9.53 Å². The van der Waals surface area contributed by atoms with Gasteiger partial charge in [0, 0.05) is 12.4 Å². The monoisotopic (exact) mass is 439 g/mol. The van der Waals surface area contributed by atoms with E-state index in [1.54, 1.807) is 18.5 Å². The Hall–Kier alpha value is -4.53. The molecule has 9 heteroatoms. The molecule has 33 heavy (non-hydrogen) atoms. The van der Waals surface area contributed by atoms with Crippen LogP contribution in [-0.2, 0) is 6.54 Å². The maximum Gasteiger partial charge on any atom is 0.295 e. The van der Waals surface area contributed by atoms with E-state index in [1.165, 1.54) is 4.52 Å². The second-order valence-corrected chi connectivity index (χ2v) is 7.52. The Labute approximate surface area is 189 Å². The number of carbonyl (C=O) groups excluding carboxylic acids is 1. The average molecular weight is 439 g/mol. The number of anilines is 1. The molecular formula is C24H21N7O2. The summed E-state index contributed by atoms with van der Waals surface area (Å²) < 4.78 is 9.25. The van der Waals surface area contributed by atoms with E-state index in [-0.39, 0.29) is 5.82 Å². The van der Waals surface area contributed by atoms with Crippen LogP contribution in [0.4, 0.5) is 5.69 Å². The normalized spacial score (nSPS) is 11.0. The van der Waals surface area contributed by atoms with Gasteiger partial charge in [-0.2, -0.15) is 10.1 Å². The second kappa shape index (κ2) is 8.54. The fourth-order valence-electron chi connectivity index (χ4n) is 3.54. The number of aryl methyl sites for hydroxylation is 1. The molecule has 3 aromatic heterocycles. The van der Waals surface area contributed by atoms with Crippen molar-refractivity contribution in [3.8, 4) is 11.5 Å². The predicted molar refractivity (Wildman–Crippen MR) is 122 cm³/mol. The zero-order valence-corrected chi connectivity index (χ0v) is 18.1. The van der Waals surface area contributed by atoms with Gasteiger partial charge >= 0.3 is 0 Å². The van der Waals surface area contributed by atoms with Gasteiger partial charge in [-0.3, -0.25) is 9.48 Å². The van der Waals surface area contributed by atoms with E-state index in [1.807, 2.05) is 73.1 Å². The minimum atomic E-state index is -0.412. The molecule has 0 fully saturated rings. The quantitative estimate of drug-likeness (QED) is 0.429. The topological polar surface area (TPSA) is 99.2 Å². The Bertz CT molecular complexity index is 1410. The first kappa shape index (κ1) is 20.4. The zero-order valence-electron chi connectivity index (χ0n) is 18.1. The third kappa shape index (κ3) is 4.29. The van der Waals surface area contributed by atoms with Gasteiger partial charge in [0.05, 0.1) is 23.6 Å². The summed E-state index contributed by atoms with van der Waals surface area (Å²) >= 11 is 0. The molecule has 3 heterocycles. The molecule has 1 N–H and O–H groups in total. The van der Waals surface area contributed by atoms with Crippen LogP contribution in [-0.4, -0.2) is 35.3 Å². The van der Waals surface area contributed by atoms with Gasteiger partial charge in [0.2, 0.25) is 5.82 Å². The van der Waals surface area contributed by atoms with Crippen LogP contribution in [0.1, 0.15) is 27.6 Å². The highest BCUT2D eigenvalue weighted by Crippen LogP contribution is 2.24. The summed E-state index contributed by atoms with van der Waals surface area (Å²) in [5.74, 6) is 1.53. The van der Waals surface area contributed by atoms with Gasteiger partial charge in [0.1, 0.15) is 11.5 Å². The zero-order chi connectivity index (χ0) is 22.8. The minimum absolute atomic E-state index is 0.0472. The van der Waals surface area contributed by atoms with Crippen LogP contribution in [0.5, 0.6) is 11.5 Å². The first-order valence-corrected chi connectivity index (χ1v) is 10.4. The number of rotatable bonds is 6. The first-order valence-electron chi connectivity index (χ1n) is 10.4. The van der Waals surface area contributed by atoms with Crippen molar-refractivity contribution in [1.29, 1.82) is 0 Å². The molecule has 2 aromatic carbocycles. The average Bonchev–Trinajstić information content (AvgIpc) is 3.37. The summed E-state index contributed by atoms with van der Waals surface area (Å²) in [7, 11) is 0. The molecule has 9 nitrogen and oxygen atoms in total. The van der Waals surface area contributed by atoms with E-state index < -0.39 is 5.91 Å². The predicted octanol–water partition coefficient (Wildman–Crippen LogP) is 4.03. The van der Waals surface area contributed by atoms with Crippen LogP contribution < -0.4 is 10.1 Å². The summed E-state index contributed by atoms with van der Waals surface area (Å²) in [6.07, 6.45) is 3.29. The lowest BCUT2D eigenvalue weighted by atomic mass is 10.2. The third-order valence-electron chi connectivity index (χ3n) is 5.15. The highest BCUT2D eigenvalue weighted by Gasteiger charge is 2.19. The molecule has 0 radical (unpaired) electrons. The maximum absolute atomic E-state index is 12.7. The molecule has 0 spiro atoms. The minimum Gasteiger partial charge on any atom is -0.457 e. The van der Waals surface area contributed by atoms with Crippen LogP contribution in [0, 0.1) is 13.8 Å². The van der Waals surface area contributed by atoms with Crippen LogP contribution in [0.3, 0.4) is 0 Å². The standard InChI is InChI=1S/C24H21N7O2/c1-16-21(26-23(32)22-27-24-25-12-7-13-30(24)29-22)17(2)31(28-16)15-18-8-6-11-20(14-18)33-19-9-4-3-5-10-19/h3-14H,15H2,1-2H3,(H,26,32). The van der Waals surface area contributed by atoms with Crippen molar-refractivity contribution in [3.63, 3.8) is 0 Å². The Morgan fingerprint density at radius 1 is 1.00 bits per heavy atom. The lowest BCUT2D eigenvalue weighted by molar-refractivity contribution is 0.101. The number of ether oxygens (including phenoxy) is 1. The van der Waals surface area contributed by atoms with E-state index in [4.69, 9.17) is 4.74 Å². The van der Waals surface area contributed by atoms with E-state index in [0.717, 1.165) is 22.8 Å². The van der Waals surface area contributed by atoms with Crippen LogP contribution in [0.2, 0.25) is 0 Å². The number of hydrogen-bond donors (Lipinski definition) is 1. The van der Waals surface area contributed by atoms with Crippen LogP contribution >= 0.6 is 0 Å². The lowest BCUT2D eigenvalue weighted by Crippen LogP contribution is -2.15. The van der Waals surface area contributed by atoms with Crippen molar-refractivity contribution in [2.45, 2.75) is 20.4 Å². The third-order valence-corrected chi connectivity index (χ3v) is 5.15. The van der Waals surface area contributed by atoms with Crippen molar-refractivity contribution >= 4 is 17.4 Å². The lowest BCUT2D eigenvalue weighted by Gasteiger charge is -2.09. The Morgan fingerprint density at radius 2 is 1.82 bits per heavy atom. The van der Waals surface area contributed by atoms with Crippen LogP contribution in [0.15, 0.2) is 73.1 Å². The number of aromatic nitrogens is 6. The van der Waals surface area contributed by atoms with E-state index >= 15 is 0 Å². The summed E-state index contributed by atoms with van der Waals surface area (Å²) in [6.45, 7) is 4.30. The number of nitrogens with zero attached hydrogens (tertiary/aromatic N) is 6. The van der Waals surface area contributed by atoms with Gasteiger partial charge in [0.25, 0.3) is 11.7 Å². The Kier molecular flexibility index (Phi) is 5.27. The summed E-state index contributed by atoms with van der Waals surface area (Å²) in [5, 5.41) is 11.7. The molecule has 0 aliphatic carbocycles. The first-order chi connectivity index (χ1) is 16.1. The largest absolute Gasteiger partial charge is 0.457 e. The van der Waals surface area contributed by atoms with E-state index in [2.05, 4.69) is 25.5 Å². The van der Waals surface area contributed by atoms with Gasteiger partial charge in [-0.25, -0.2) is 9.50 Å².